The van der Waals surface area contributed by atoms with E-state index in [1.54, 1.807) is 23.1 Å². The van der Waals surface area contributed by atoms with E-state index in [1.165, 1.54) is 6.92 Å². The summed E-state index contributed by atoms with van der Waals surface area (Å²) in [5, 5.41) is 8.57. The van der Waals surface area contributed by atoms with E-state index in [0.717, 1.165) is 28.1 Å². The van der Waals surface area contributed by atoms with Gasteiger partial charge in [-0.3, -0.25) is 15.0 Å². The summed E-state index contributed by atoms with van der Waals surface area (Å²) in [4.78, 5) is 30.9. The van der Waals surface area contributed by atoms with Crippen molar-refractivity contribution in [1.29, 1.82) is 5.41 Å². The first-order valence-corrected chi connectivity index (χ1v) is 10.8. The monoisotopic (exact) mass is 437 g/mol. The van der Waals surface area contributed by atoms with Crippen LogP contribution in [-0.4, -0.2) is 40.6 Å². The SMILES string of the molecule is CCOc1c(C)nc2c(c1C)CN(CC(=O)c1ccc(OC(C)=O)c(C(C)(C)C)c1)C2=N. The molecular formula is C25H31N3O4. The molecule has 1 aromatic carbocycles. The molecule has 32 heavy (non-hydrogen) atoms. The van der Waals surface area contributed by atoms with Crippen molar-refractivity contribution >= 4 is 17.6 Å². The Bertz CT molecular complexity index is 1100. The lowest BCUT2D eigenvalue weighted by atomic mass is 9.85. The molecule has 0 spiro atoms. The van der Waals surface area contributed by atoms with Crippen LogP contribution in [-0.2, 0) is 16.8 Å². The number of hydrogen-bond acceptors (Lipinski definition) is 6. The smallest absolute Gasteiger partial charge is 0.308 e. The molecule has 0 unspecified atom stereocenters. The standard InChI is InChI=1S/C25H31N3O4/c1-8-31-23-14(2)18-12-28(24(26)22(18)27-15(23)3)13-20(30)17-9-10-21(32-16(4)29)19(11-17)25(5,6)7/h9-11,26H,8,12-13H2,1-7H3. The molecule has 170 valence electrons. The van der Waals surface area contributed by atoms with Crippen LogP contribution >= 0.6 is 0 Å². The van der Waals surface area contributed by atoms with Crippen molar-refractivity contribution in [3.05, 3.63) is 51.8 Å². The highest BCUT2D eigenvalue weighted by molar-refractivity contribution is 6.04. The zero-order valence-corrected chi connectivity index (χ0v) is 19.9. The summed E-state index contributed by atoms with van der Waals surface area (Å²) < 4.78 is 11.1. The number of pyridine rings is 1. The maximum absolute atomic E-state index is 13.1. The number of ketones is 1. The Morgan fingerprint density at radius 2 is 1.91 bits per heavy atom. The van der Waals surface area contributed by atoms with Gasteiger partial charge in [-0.15, -0.1) is 0 Å². The van der Waals surface area contributed by atoms with Crippen molar-refractivity contribution in [2.45, 2.75) is 60.4 Å². The molecule has 0 saturated carbocycles. The first kappa shape index (κ1) is 23.4. The van der Waals surface area contributed by atoms with Crippen LogP contribution in [0.1, 0.15) is 73.1 Å². The number of ether oxygens (including phenoxy) is 2. The van der Waals surface area contributed by atoms with Crippen LogP contribution in [0.5, 0.6) is 11.5 Å². The van der Waals surface area contributed by atoms with Gasteiger partial charge in [-0.05, 0) is 44.4 Å². The Labute approximate surface area is 189 Å². The molecule has 7 nitrogen and oxygen atoms in total. The van der Waals surface area contributed by atoms with Gasteiger partial charge in [-0.2, -0.15) is 0 Å². The minimum atomic E-state index is -0.401. The van der Waals surface area contributed by atoms with Gasteiger partial charge in [0.2, 0.25) is 0 Å². The summed E-state index contributed by atoms with van der Waals surface area (Å²) in [5.41, 5.74) is 4.24. The highest BCUT2D eigenvalue weighted by atomic mass is 16.5. The summed E-state index contributed by atoms with van der Waals surface area (Å²) in [6.07, 6.45) is 0. The number of aryl methyl sites for hydroxylation is 1. The average molecular weight is 438 g/mol. The lowest BCUT2D eigenvalue weighted by Gasteiger charge is -2.23. The Balaban J connectivity index is 1.87. The van der Waals surface area contributed by atoms with Crippen LogP contribution in [0, 0.1) is 19.3 Å². The molecule has 0 radical (unpaired) electrons. The van der Waals surface area contributed by atoms with E-state index in [-0.39, 0.29) is 23.6 Å². The van der Waals surface area contributed by atoms with Crippen molar-refractivity contribution in [2.75, 3.05) is 13.2 Å². The van der Waals surface area contributed by atoms with Gasteiger partial charge in [0.1, 0.15) is 23.0 Å². The summed E-state index contributed by atoms with van der Waals surface area (Å²) in [6, 6.07) is 5.13. The fraction of sp³-hybridized carbons (Fsp3) is 0.440. The van der Waals surface area contributed by atoms with E-state index in [2.05, 4.69) is 4.98 Å². The summed E-state index contributed by atoms with van der Waals surface area (Å²) in [5.74, 6) is 0.948. The number of hydrogen-bond donors (Lipinski definition) is 1. The number of benzene rings is 1. The lowest BCUT2D eigenvalue weighted by molar-refractivity contribution is -0.131. The zero-order chi connectivity index (χ0) is 23.8. The first-order chi connectivity index (χ1) is 14.9. The Hall–Kier alpha value is -3.22. The maximum Gasteiger partial charge on any atom is 0.308 e. The zero-order valence-electron chi connectivity index (χ0n) is 19.9. The van der Waals surface area contributed by atoms with Gasteiger partial charge in [-0.1, -0.05) is 20.8 Å². The third kappa shape index (κ3) is 4.52. The number of Topliss-reactive ketones (excluding diaryl/α,β-unsaturated/α-hetero) is 1. The van der Waals surface area contributed by atoms with Gasteiger partial charge in [0.15, 0.2) is 5.78 Å². The van der Waals surface area contributed by atoms with Crippen molar-refractivity contribution in [2.24, 2.45) is 0 Å². The van der Waals surface area contributed by atoms with Crippen LogP contribution < -0.4 is 9.47 Å². The van der Waals surface area contributed by atoms with E-state index in [9.17, 15) is 9.59 Å². The van der Waals surface area contributed by atoms with Crippen LogP contribution in [0.25, 0.3) is 0 Å². The predicted molar refractivity (Wildman–Crippen MR) is 123 cm³/mol. The van der Waals surface area contributed by atoms with Crippen LogP contribution in [0.3, 0.4) is 0 Å². The highest BCUT2D eigenvalue weighted by Crippen LogP contribution is 2.34. The average Bonchev–Trinajstić information content (AvgIpc) is 3.00. The molecule has 0 bridgehead atoms. The molecule has 0 aliphatic carbocycles. The second-order valence-electron chi connectivity index (χ2n) is 9.09. The summed E-state index contributed by atoms with van der Waals surface area (Å²) in [7, 11) is 0. The second kappa shape index (κ2) is 8.73. The number of nitrogens with one attached hydrogen (secondary N) is 1. The molecule has 1 aromatic heterocycles. The molecule has 0 amide bonds. The summed E-state index contributed by atoms with van der Waals surface area (Å²) in [6.45, 7) is 14.2. The number of aromatic nitrogens is 1. The molecule has 1 aliphatic heterocycles. The third-order valence-electron chi connectivity index (χ3n) is 5.56. The third-order valence-corrected chi connectivity index (χ3v) is 5.56. The molecular weight excluding hydrogens is 406 g/mol. The quantitative estimate of drug-likeness (QED) is 0.410. The predicted octanol–water partition coefficient (Wildman–Crippen LogP) is 4.34. The van der Waals surface area contributed by atoms with E-state index in [4.69, 9.17) is 14.9 Å². The minimum Gasteiger partial charge on any atom is -0.492 e. The minimum absolute atomic E-state index is 0.0636. The van der Waals surface area contributed by atoms with Gasteiger partial charge >= 0.3 is 5.97 Å². The number of esters is 1. The highest BCUT2D eigenvalue weighted by Gasteiger charge is 2.31. The molecule has 3 rings (SSSR count). The van der Waals surface area contributed by atoms with Crippen molar-refractivity contribution < 1.29 is 19.1 Å². The van der Waals surface area contributed by atoms with Gasteiger partial charge < -0.3 is 14.4 Å². The van der Waals surface area contributed by atoms with Gasteiger partial charge in [0, 0.05) is 35.7 Å². The van der Waals surface area contributed by atoms with Crippen molar-refractivity contribution in [3.8, 4) is 11.5 Å². The second-order valence-corrected chi connectivity index (χ2v) is 9.09. The Morgan fingerprint density at radius 1 is 1.22 bits per heavy atom. The van der Waals surface area contributed by atoms with E-state index >= 15 is 0 Å². The van der Waals surface area contributed by atoms with E-state index < -0.39 is 5.97 Å². The van der Waals surface area contributed by atoms with Crippen molar-refractivity contribution in [3.63, 3.8) is 0 Å². The van der Waals surface area contributed by atoms with Crippen LogP contribution in [0.2, 0.25) is 0 Å². The fourth-order valence-electron chi connectivity index (χ4n) is 3.97. The first-order valence-electron chi connectivity index (χ1n) is 10.8. The fourth-order valence-corrected chi connectivity index (χ4v) is 3.97. The molecule has 7 heteroatoms. The topological polar surface area (TPSA) is 92.6 Å². The number of nitrogens with zero attached hydrogens (tertiary/aromatic N) is 2. The van der Waals surface area contributed by atoms with Gasteiger partial charge in [0.05, 0.1) is 18.8 Å². The molecule has 0 fully saturated rings. The number of fused-ring (bicyclic) bond motifs is 1. The van der Waals surface area contributed by atoms with Gasteiger partial charge in [0.25, 0.3) is 0 Å². The number of amidine groups is 1. The van der Waals surface area contributed by atoms with Crippen LogP contribution in [0.4, 0.5) is 0 Å². The molecule has 1 N–H and O–H groups in total. The van der Waals surface area contributed by atoms with Crippen LogP contribution in [0.15, 0.2) is 18.2 Å². The maximum atomic E-state index is 13.1. The lowest BCUT2D eigenvalue weighted by Crippen LogP contribution is -2.30. The molecule has 2 heterocycles. The van der Waals surface area contributed by atoms with E-state index in [0.29, 0.717) is 30.2 Å². The molecule has 0 saturated heterocycles. The van der Waals surface area contributed by atoms with E-state index in [1.807, 2.05) is 41.5 Å². The summed E-state index contributed by atoms with van der Waals surface area (Å²) >= 11 is 0. The number of carbonyl (C=O) groups excluding carboxylic acids is 2. The number of carbonyl (C=O) groups is 2. The Morgan fingerprint density at radius 3 is 2.50 bits per heavy atom. The molecule has 0 atom stereocenters. The normalized spacial score (nSPS) is 13.2. The Kier molecular flexibility index (Phi) is 6.39. The number of rotatable bonds is 6. The van der Waals surface area contributed by atoms with Gasteiger partial charge in [-0.25, -0.2) is 4.98 Å². The molecule has 1 aliphatic rings. The van der Waals surface area contributed by atoms with Crippen molar-refractivity contribution in [1.82, 2.24) is 9.88 Å². The largest absolute Gasteiger partial charge is 0.492 e. The molecule has 2 aromatic rings.